The number of fused-ring (bicyclic) bond motifs is 1. The number of nitrogens with zero attached hydrogens (tertiary/aromatic N) is 3. The van der Waals surface area contributed by atoms with Crippen LogP contribution in [0, 0.1) is 0 Å². The topological polar surface area (TPSA) is 45.2 Å². The van der Waals surface area contributed by atoms with E-state index >= 15 is 0 Å². The Balaban J connectivity index is 1.38. The van der Waals surface area contributed by atoms with Gasteiger partial charge in [-0.1, -0.05) is 18.2 Å². The number of halogens is 3. The van der Waals surface area contributed by atoms with Crippen molar-refractivity contribution in [3.8, 4) is 5.75 Å². The molecule has 0 aliphatic carbocycles. The van der Waals surface area contributed by atoms with E-state index in [4.69, 9.17) is 4.74 Å². The molecule has 1 saturated heterocycles. The van der Waals surface area contributed by atoms with E-state index in [1.165, 1.54) is 0 Å². The van der Waals surface area contributed by atoms with Crippen molar-refractivity contribution in [2.45, 2.75) is 19.1 Å². The number of likely N-dealkylation sites (N-methyl/N-ethyl adjacent to an activating group) is 1. The highest BCUT2D eigenvalue weighted by molar-refractivity contribution is 5.84. The molecule has 0 atom stereocenters. The maximum atomic E-state index is 12.7. The molecular weight excluding hydrogens is 435 g/mol. The van der Waals surface area contributed by atoms with Crippen LogP contribution in [0.25, 0.3) is 10.8 Å². The highest BCUT2D eigenvalue weighted by Gasteiger charge is 2.27. The van der Waals surface area contributed by atoms with Gasteiger partial charge in [0.1, 0.15) is 12.4 Å². The average Bonchev–Trinajstić information content (AvgIpc) is 2.78. The Morgan fingerprint density at radius 3 is 2.39 bits per heavy atom. The molecular formula is C24H32F3N3O3. The summed E-state index contributed by atoms with van der Waals surface area (Å²) < 4.78 is 46.1. The lowest BCUT2D eigenvalue weighted by Gasteiger charge is -2.35. The van der Waals surface area contributed by atoms with Crippen molar-refractivity contribution >= 4 is 16.7 Å². The normalized spacial score (nSPS) is 15.7. The van der Waals surface area contributed by atoms with Gasteiger partial charge in [-0.3, -0.25) is 9.69 Å². The van der Waals surface area contributed by atoms with Crippen LogP contribution >= 0.6 is 0 Å². The number of ether oxygens (including phenoxy) is 2. The summed E-state index contributed by atoms with van der Waals surface area (Å²) in [7, 11) is 3.46. The number of rotatable bonds is 10. The molecule has 1 heterocycles. The van der Waals surface area contributed by atoms with Crippen molar-refractivity contribution in [3.05, 3.63) is 42.0 Å². The molecule has 0 aromatic heterocycles. The van der Waals surface area contributed by atoms with Crippen LogP contribution < -0.4 is 4.74 Å². The minimum atomic E-state index is -4.27. The molecule has 1 aliphatic heterocycles. The van der Waals surface area contributed by atoms with Crippen LogP contribution in [0.4, 0.5) is 13.2 Å². The molecule has 2 aromatic carbocycles. The average molecular weight is 468 g/mol. The van der Waals surface area contributed by atoms with Crippen molar-refractivity contribution in [2.75, 3.05) is 66.6 Å². The van der Waals surface area contributed by atoms with Gasteiger partial charge < -0.3 is 19.3 Å². The largest absolute Gasteiger partial charge is 0.497 e. The van der Waals surface area contributed by atoms with Crippen LogP contribution in [0.3, 0.4) is 0 Å². The van der Waals surface area contributed by atoms with Crippen LogP contribution in [0.1, 0.15) is 12.0 Å². The number of hydrogen-bond acceptors (Lipinski definition) is 5. The first-order valence-electron chi connectivity index (χ1n) is 11.1. The first kappa shape index (κ1) is 25.3. The molecule has 0 bridgehead atoms. The number of carbonyl (C=O) groups excluding carboxylic acids is 1. The Bertz CT molecular complexity index is 915. The number of benzene rings is 2. The molecule has 9 heteroatoms. The Morgan fingerprint density at radius 2 is 1.70 bits per heavy atom. The monoisotopic (exact) mass is 467 g/mol. The predicted octanol–water partition coefficient (Wildman–Crippen LogP) is 3.39. The van der Waals surface area contributed by atoms with E-state index in [0.29, 0.717) is 26.1 Å². The number of methoxy groups -OCH3 is 1. The van der Waals surface area contributed by atoms with Crippen LogP contribution in [0.5, 0.6) is 5.75 Å². The van der Waals surface area contributed by atoms with Crippen LogP contribution in [0.2, 0.25) is 0 Å². The fourth-order valence-corrected chi connectivity index (χ4v) is 3.92. The number of amides is 1. The van der Waals surface area contributed by atoms with E-state index in [0.717, 1.165) is 48.3 Å². The first-order valence-corrected chi connectivity index (χ1v) is 11.1. The lowest BCUT2D eigenvalue weighted by molar-refractivity contribution is -0.174. The second-order valence-electron chi connectivity index (χ2n) is 8.44. The molecule has 0 saturated carbocycles. The molecule has 33 heavy (non-hydrogen) atoms. The Morgan fingerprint density at radius 1 is 1.03 bits per heavy atom. The minimum Gasteiger partial charge on any atom is -0.497 e. The van der Waals surface area contributed by atoms with Crippen molar-refractivity contribution in [3.63, 3.8) is 0 Å². The van der Waals surface area contributed by atoms with Crippen molar-refractivity contribution < 1.29 is 27.4 Å². The summed E-state index contributed by atoms with van der Waals surface area (Å²) in [4.78, 5) is 18.8. The van der Waals surface area contributed by atoms with Gasteiger partial charge in [0.05, 0.1) is 13.7 Å². The van der Waals surface area contributed by atoms with E-state index in [9.17, 15) is 18.0 Å². The van der Waals surface area contributed by atoms with Gasteiger partial charge in [0.25, 0.3) is 0 Å². The lowest BCUT2D eigenvalue weighted by Crippen LogP contribution is -2.49. The van der Waals surface area contributed by atoms with Gasteiger partial charge in [0.2, 0.25) is 5.91 Å². The van der Waals surface area contributed by atoms with Crippen LogP contribution in [0.15, 0.2) is 36.4 Å². The zero-order chi connectivity index (χ0) is 23.8. The highest BCUT2D eigenvalue weighted by Crippen LogP contribution is 2.22. The molecule has 2 aromatic rings. The summed E-state index contributed by atoms with van der Waals surface area (Å²) in [6.45, 7) is 3.64. The quantitative estimate of drug-likeness (QED) is 0.502. The van der Waals surface area contributed by atoms with Gasteiger partial charge in [-0.15, -0.1) is 0 Å². The third-order valence-electron chi connectivity index (χ3n) is 5.81. The molecule has 1 aliphatic rings. The molecule has 0 spiro atoms. The third-order valence-corrected chi connectivity index (χ3v) is 5.81. The number of hydrogen-bond donors (Lipinski definition) is 0. The minimum absolute atomic E-state index is 0.0684. The Labute approximate surface area is 192 Å². The van der Waals surface area contributed by atoms with Gasteiger partial charge in [0.15, 0.2) is 0 Å². The van der Waals surface area contributed by atoms with E-state index in [-0.39, 0.29) is 12.5 Å². The van der Waals surface area contributed by atoms with E-state index in [1.807, 2.05) is 37.4 Å². The fourth-order valence-electron chi connectivity index (χ4n) is 3.92. The molecule has 1 amide bonds. The molecule has 0 N–H and O–H groups in total. The Kier molecular flexibility index (Phi) is 8.94. The summed E-state index contributed by atoms with van der Waals surface area (Å²) >= 11 is 0. The maximum Gasteiger partial charge on any atom is 0.411 e. The highest BCUT2D eigenvalue weighted by atomic mass is 19.4. The van der Waals surface area contributed by atoms with Crippen LogP contribution in [-0.4, -0.2) is 93.4 Å². The van der Waals surface area contributed by atoms with Gasteiger partial charge in [-0.2, -0.15) is 13.2 Å². The summed E-state index contributed by atoms with van der Waals surface area (Å²) in [5, 5.41) is 2.20. The lowest BCUT2D eigenvalue weighted by atomic mass is 10.1. The van der Waals surface area contributed by atoms with Gasteiger partial charge in [-0.25, -0.2) is 0 Å². The molecule has 6 nitrogen and oxygen atoms in total. The van der Waals surface area contributed by atoms with E-state index in [1.54, 1.807) is 12.0 Å². The van der Waals surface area contributed by atoms with Gasteiger partial charge in [0, 0.05) is 52.9 Å². The first-order chi connectivity index (χ1) is 15.7. The van der Waals surface area contributed by atoms with Crippen molar-refractivity contribution in [1.29, 1.82) is 0 Å². The molecule has 0 radical (unpaired) electrons. The second kappa shape index (κ2) is 11.7. The zero-order valence-corrected chi connectivity index (χ0v) is 19.2. The summed E-state index contributed by atoms with van der Waals surface area (Å²) in [6, 6.07) is 12.1. The summed E-state index contributed by atoms with van der Waals surface area (Å²) in [5.41, 5.74) is 1.07. The molecule has 182 valence electrons. The molecule has 3 rings (SSSR count). The van der Waals surface area contributed by atoms with E-state index in [2.05, 4.69) is 20.6 Å². The zero-order valence-electron chi connectivity index (χ0n) is 19.2. The maximum absolute atomic E-state index is 12.7. The third kappa shape index (κ3) is 8.17. The number of alkyl halides is 3. The number of piperazine rings is 1. The van der Waals surface area contributed by atoms with Crippen molar-refractivity contribution in [2.24, 2.45) is 0 Å². The number of carbonyl (C=O) groups is 1. The molecule has 0 unspecified atom stereocenters. The SMILES string of the molecule is COc1ccc2cc(CN(C)C(=O)CN3CCN(CCCOCC(F)(F)F)CC3)ccc2c1. The summed E-state index contributed by atoms with van der Waals surface area (Å²) in [6.07, 6.45) is -3.70. The Hall–Kier alpha value is -2.36. The summed E-state index contributed by atoms with van der Waals surface area (Å²) in [5.74, 6) is 0.885. The van der Waals surface area contributed by atoms with Crippen LogP contribution in [-0.2, 0) is 16.1 Å². The smallest absolute Gasteiger partial charge is 0.411 e. The van der Waals surface area contributed by atoms with Gasteiger partial charge >= 0.3 is 6.18 Å². The fraction of sp³-hybridized carbons (Fsp3) is 0.542. The van der Waals surface area contributed by atoms with Crippen molar-refractivity contribution in [1.82, 2.24) is 14.7 Å². The predicted molar refractivity (Wildman–Crippen MR) is 121 cm³/mol. The standard InChI is InChI=1S/C24H32F3N3O3/c1-28(16-19-4-5-21-15-22(32-2)7-6-20(21)14-19)23(31)17-30-11-9-29(10-12-30)8-3-13-33-18-24(25,26)27/h4-7,14-15H,3,8-13,16-18H2,1-2H3. The van der Waals surface area contributed by atoms with Gasteiger partial charge in [-0.05, 0) is 41.0 Å². The molecule has 1 fully saturated rings. The van der Waals surface area contributed by atoms with E-state index < -0.39 is 12.8 Å². The second-order valence-corrected chi connectivity index (χ2v) is 8.44.